The van der Waals surface area contributed by atoms with E-state index in [1.807, 2.05) is 36.4 Å². The van der Waals surface area contributed by atoms with E-state index in [4.69, 9.17) is 33.2 Å². The molecular formula is C18H12Cl2N4O. The number of nitrogens with one attached hydrogen (secondary N) is 1. The molecule has 0 aliphatic rings. The molecule has 1 heterocycles. The smallest absolute Gasteiger partial charge is 0.153 e. The number of halogens is 2. The molecule has 0 atom stereocenters. The van der Waals surface area contributed by atoms with E-state index >= 15 is 0 Å². The van der Waals surface area contributed by atoms with Crippen LogP contribution in [0.25, 0.3) is 0 Å². The molecule has 3 rings (SSSR count). The maximum absolute atomic E-state index is 9.15. The Morgan fingerprint density at radius 1 is 1.08 bits per heavy atom. The minimum Gasteiger partial charge on any atom is -0.487 e. The number of aromatic nitrogens is 2. The molecular weight excluding hydrogens is 359 g/mol. The van der Waals surface area contributed by atoms with Crippen molar-refractivity contribution in [1.82, 2.24) is 9.97 Å². The Morgan fingerprint density at radius 3 is 2.60 bits per heavy atom. The Labute approximate surface area is 154 Å². The molecule has 0 fully saturated rings. The highest BCUT2D eigenvalue weighted by molar-refractivity contribution is 6.32. The second kappa shape index (κ2) is 7.84. The normalized spacial score (nSPS) is 10.1. The zero-order chi connectivity index (χ0) is 17.6. The Balaban J connectivity index is 1.74. The third-order valence-electron chi connectivity index (χ3n) is 3.34. The van der Waals surface area contributed by atoms with E-state index in [9.17, 15) is 0 Å². The van der Waals surface area contributed by atoms with E-state index in [1.165, 1.54) is 6.33 Å². The van der Waals surface area contributed by atoms with Gasteiger partial charge in [0.2, 0.25) is 0 Å². The second-order valence-corrected chi connectivity index (χ2v) is 5.81. The van der Waals surface area contributed by atoms with Gasteiger partial charge in [0, 0.05) is 5.69 Å². The van der Waals surface area contributed by atoms with E-state index in [2.05, 4.69) is 15.3 Å². The number of benzene rings is 2. The van der Waals surface area contributed by atoms with Gasteiger partial charge in [-0.25, -0.2) is 9.97 Å². The molecule has 0 radical (unpaired) electrons. The summed E-state index contributed by atoms with van der Waals surface area (Å²) in [5.74, 6) is 0.883. The average Bonchev–Trinajstić information content (AvgIpc) is 2.62. The summed E-state index contributed by atoms with van der Waals surface area (Å²) < 4.78 is 5.73. The van der Waals surface area contributed by atoms with Crippen molar-refractivity contribution in [3.05, 3.63) is 76.2 Å². The molecule has 0 spiro atoms. The zero-order valence-electron chi connectivity index (χ0n) is 12.9. The van der Waals surface area contributed by atoms with Gasteiger partial charge in [0.05, 0.1) is 5.02 Å². The number of anilines is 2. The molecule has 0 saturated carbocycles. The summed E-state index contributed by atoms with van der Waals surface area (Å²) in [5, 5.41) is 12.7. The number of hydrogen-bond acceptors (Lipinski definition) is 5. The quantitative estimate of drug-likeness (QED) is 0.641. The molecule has 5 nitrogen and oxygen atoms in total. The van der Waals surface area contributed by atoms with Gasteiger partial charge in [-0.2, -0.15) is 5.26 Å². The molecule has 2 aromatic carbocycles. The van der Waals surface area contributed by atoms with Crippen LogP contribution in [-0.2, 0) is 6.61 Å². The van der Waals surface area contributed by atoms with Gasteiger partial charge >= 0.3 is 0 Å². The highest BCUT2D eigenvalue weighted by Crippen LogP contribution is 2.30. The van der Waals surface area contributed by atoms with Crippen LogP contribution in [0.4, 0.5) is 11.5 Å². The van der Waals surface area contributed by atoms with Gasteiger partial charge in [-0.1, -0.05) is 53.5 Å². The summed E-state index contributed by atoms with van der Waals surface area (Å²) in [6.45, 7) is 0.424. The molecule has 3 aromatic rings. The molecule has 0 amide bonds. The standard InChI is InChI=1S/C18H12Cl2N4O/c19-15-8-13(24-18-14(9-21)17(20)22-11-23-18)6-7-16(15)25-10-12-4-2-1-3-5-12/h1-8,11H,10H2,(H,22,23,24). The first kappa shape index (κ1) is 17.0. The summed E-state index contributed by atoms with van der Waals surface area (Å²) in [7, 11) is 0. The molecule has 0 saturated heterocycles. The van der Waals surface area contributed by atoms with E-state index < -0.39 is 0 Å². The monoisotopic (exact) mass is 370 g/mol. The van der Waals surface area contributed by atoms with Crippen molar-refractivity contribution in [3.8, 4) is 11.8 Å². The summed E-state index contributed by atoms with van der Waals surface area (Å²) in [6.07, 6.45) is 1.28. The molecule has 124 valence electrons. The highest BCUT2D eigenvalue weighted by Gasteiger charge is 2.11. The molecule has 1 aromatic heterocycles. The lowest BCUT2D eigenvalue weighted by Gasteiger charge is -2.11. The topological polar surface area (TPSA) is 70.8 Å². The van der Waals surface area contributed by atoms with Gasteiger partial charge in [0.25, 0.3) is 0 Å². The minimum atomic E-state index is 0.0916. The first-order valence-corrected chi connectivity index (χ1v) is 8.07. The Kier molecular flexibility index (Phi) is 5.34. The van der Waals surface area contributed by atoms with Gasteiger partial charge in [0.15, 0.2) is 11.0 Å². The van der Waals surface area contributed by atoms with E-state index in [0.717, 1.165) is 5.56 Å². The number of nitriles is 1. The lowest BCUT2D eigenvalue weighted by molar-refractivity contribution is 0.306. The Bertz CT molecular complexity index is 926. The fraction of sp³-hybridized carbons (Fsp3) is 0.0556. The van der Waals surface area contributed by atoms with Crippen LogP contribution in [0.1, 0.15) is 11.1 Å². The van der Waals surface area contributed by atoms with Crippen molar-refractivity contribution >= 4 is 34.7 Å². The zero-order valence-corrected chi connectivity index (χ0v) is 14.4. The molecule has 0 bridgehead atoms. The lowest BCUT2D eigenvalue weighted by Crippen LogP contribution is -2.00. The van der Waals surface area contributed by atoms with Crippen LogP contribution < -0.4 is 10.1 Å². The molecule has 0 unspecified atom stereocenters. The Hall–Kier alpha value is -2.81. The van der Waals surface area contributed by atoms with Crippen LogP contribution in [0.3, 0.4) is 0 Å². The first-order valence-electron chi connectivity index (χ1n) is 7.31. The van der Waals surface area contributed by atoms with Crippen molar-refractivity contribution in [3.63, 3.8) is 0 Å². The number of hydrogen-bond donors (Lipinski definition) is 1. The van der Waals surface area contributed by atoms with E-state index in [-0.39, 0.29) is 10.7 Å². The average molecular weight is 371 g/mol. The molecule has 0 aliphatic carbocycles. The fourth-order valence-corrected chi connectivity index (χ4v) is 2.54. The number of nitrogens with zero attached hydrogens (tertiary/aromatic N) is 3. The SMILES string of the molecule is N#Cc1c(Cl)ncnc1Nc1ccc(OCc2ccccc2)c(Cl)c1. The van der Waals surface area contributed by atoms with Gasteiger partial charge in [0.1, 0.15) is 30.3 Å². The van der Waals surface area contributed by atoms with Crippen LogP contribution in [0.2, 0.25) is 10.2 Å². The lowest BCUT2D eigenvalue weighted by atomic mass is 10.2. The molecule has 1 N–H and O–H groups in total. The molecule has 25 heavy (non-hydrogen) atoms. The van der Waals surface area contributed by atoms with Crippen molar-refractivity contribution in [2.75, 3.05) is 5.32 Å². The van der Waals surface area contributed by atoms with Crippen molar-refractivity contribution < 1.29 is 4.74 Å². The summed E-state index contributed by atoms with van der Waals surface area (Å²) in [5.41, 5.74) is 1.88. The second-order valence-electron chi connectivity index (χ2n) is 5.04. The highest BCUT2D eigenvalue weighted by atomic mass is 35.5. The van der Waals surface area contributed by atoms with Crippen LogP contribution in [0.15, 0.2) is 54.9 Å². The summed E-state index contributed by atoms with van der Waals surface area (Å²) in [4.78, 5) is 7.81. The third-order valence-corrected chi connectivity index (χ3v) is 3.93. The van der Waals surface area contributed by atoms with Crippen LogP contribution in [-0.4, -0.2) is 9.97 Å². The fourth-order valence-electron chi connectivity index (χ4n) is 2.13. The van der Waals surface area contributed by atoms with Crippen LogP contribution in [0, 0.1) is 11.3 Å². The number of rotatable bonds is 5. The maximum atomic E-state index is 9.15. The van der Waals surface area contributed by atoms with Crippen molar-refractivity contribution in [2.24, 2.45) is 0 Å². The predicted molar refractivity (Wildman–Crippen MR) is 97.3 cm³/mol. The van der Waals surface area contributed by atoms with E-state index in [0.29, 0.717) is 28.9 Å². The summed E-state index contributed by atoms with van der Waals surface area (Å²) >= 11 is 12.2. The Morgan fingerprint density at radius 2 is 1.88 bits per heavy atom. The van der Waals surface area contributed by atoms with Gasteiger partial charge in [-0.05, 0) is 23.8 Å². The van der Waals surface area contributed by atoms with Crippen molar-refractivity contribution in [1.29, 1.82) is 5.26 Å². The first-order chi connectivity index (χ1) is 12.2. The van der Waals surface area contributed by atoms with Gasteiger partial charge in [-0.3, -0.25) is 0 Å². The van der Waals surface area contributed by atoms with Crippen molar-refractivity contribution in [2.45, 2.75) is 6.61 Å². The third kappa shape index (κ3) is 4.18. The number of ether oxygens (including phenoxy) is 1. The largest absolute Gasteiger partial charge is 0.487 e. The van der Waals surface area contributed by atoms with Gasteiger partial charge in [-0.15, -0.1) is 0 Å². The molecule has 7 heteroatoms. The van der Waals surface area contributed by atoms with Crippen LogP contribution in [0.5, 0.6) is 5.75 Å². The molecule has 0 aliphatic heterocycles. The van der Waals surface area contributed by atoms with Crippen LogP contribution >= 0.6 is 23.2 Å². The predicted octanol–water partition coefficient (Wildman–Crippen LogP) is 4.98. The van der Waals surface area contributed by atoms with Gasteiger partial charge < -0.3 is 10.1 Å². The summed E-state index contributed by atoms with van der Waals surface area (Å²) in [6, 6.07) is 17.0. The maximum Gasteiger partial charge on any atom is 0.153 e. The van der Waals surface area contributed by atoms with E-state index in [1.54, 1.807) is 18.2 Å². The minimum absolute atomic E-state index is 0.0916.